The molecule has 0 aliphatic rings. The average Bonchev–Trinajstić information content (AvgIpc) is 2.11. The van der Waals surface area contributed by atoms with Gasteiger partial charge >= 0.3 is 123 Å². The van der Waals surface area contributed by atoms with E-state index in [2.05, 4.69) is 69.8 Å². The number of aromatic hydroxyl groups is 1. The standard InChI is InChI=1S/C16H30GeOSi/c1-16(2,3)12-10-13(17(4,5)6)15(18)14(11-12)19(7,8)9/h10-11,18H,1-9H3. The van der Waals surface area contributed by atoms with Crippen LogP contribution in [0.5, 0.6) is 5.75 Å². The van der Waals surface area contributed by atoms with Gasteiger partial charge in [0.2, 0.25) is 0 Å². The molecule has 108 valence electrons. The van der Waals surface area contributed by atoms with Gasteiger partial charge in [-0.05, 0) is 0 Å². The van der Waals surface area contributed by atoms with E-state index >= 15 is 0 Å². The van der Waals surface area contributed by atoms with Gasteiger partial charge in [0.15, 0.2) is 0 Å². The molecule has 0 aliphatic heterocycles. The fourth-order valence-corrected chi connectivity index (χ4v) is 6.91. The summed E-state index contributed by atoms with van der Waals surface area (Å²) in [6, 6.07) is 4.54. The molecule has 0 saturated heterocycles. The Morgan fingerprint density at radius 2 is 1.47 bits per heavy atom. The predicted molar refractivity (Wildman–Crippen MR) is 92.8 cm³/mol. The molecule has 1 aromatic carbocycles. The van der Waals surface area contributed by atoms with Crippen LogP contribution < -0.4 is 9.58 Å². The van der Waals surface area contributed by atoms with Gasteiger partial charge in [0.25, 0.3) is 0 Å². The summed E-state index contributed by atoms with van der Waals surface area (Å²) in [5.41, 5.74) is 1.52. The molecular weight excluding hydrogens is 309 g/mol. The SMILES string of the molecule is CC(C)(C)c1cc([Si](C)(C)C)c(O)[c]([Ge]([CH3])([CH3])[CH3])c1. The van der Waals surface area contributed by atoms with Crippen LogP contribution >= 0.6 is 0 Å². The van der Waals surface area contributed by atoms with Crippen molar-refractivity contribution < 1.29 is 5.11 Å². The van der Waals surface area contributed by atoms with Crippen LogP contribution in [0.2, 0.25) is 36.9 Å². The van der Waals surface area contributed by atoms with Gasteiger partial charge in [-0.1, -0.05) is 0 Å². The Hall–Kier alpha value is -0.220. The van der Waals surface area contributed by atoms with Crippen LogP contribution in [0.15, 0.2) is 12.1 Å². The van der Waals surface area contributed by atoms with E-state index in [1.54, 1.807) is 0 Å². The summed E-state index contributed by atoms with van der Waals surface area (Å²) in [5, 5.41) is 12.0. The first-order valence-corrected chi connectivity index (χ1v) is 18.0. The zero-order chi connectivity index (χ0) is 15.2. The molecule has 0 aromatic heterocycles. The minimum absolute atomic E-state index is 0.143. The molecule has 0 unspecified atom stereocenters. The average molecular weight is 339 g/mol. The number of phenols is 1. The van der Waals surface area contributed by atoms with Crippen molar-refractivity contribution in [3.05, 3.63) is 17.7 Å². The van der Waals surface area contributed by atoms with Crippen molar-refractivity contribution in [2.24, 2.45) is 0 Å². The Morgan fingerprint density at radius 3 is 1.79 bits per heavy atom. The van der Waals surface area contributed by atoms with Gasteiger partial charge in [-0.3, -0.25) is 0 Å². The number of rotatable bonds is 2. The molecule has 0 bridgehead atoms. The van der Waals surface area contributed by atoms with E-state index in [0.717, 1.165) is 0 Å². The Bertz CT molecular complexity index is 438. The topological polar surface area (TPSA) is 20.2 Å². The predicted octanol–water partition coefficient (Wildman–Crippen LogP) is 3.78. The summed E-state index contributed by atoms with van der Waals surface area (Å²) in [7, 11) is -1.52. The summed E-state index contributed by atoms with van der Waals surface area (Å²) in [6.45, 7) is 13.7. The third kappa shape index (κ3) is 3.88. The second-order valence-corrected chi connectivity index (χ2v) is 24.3. The number of phenolic OH excluding ortho intramolecular Hbond substituents is 1. The zero-order valence-corrected chi connectivity index (χ0v) is 17.2. The van der Waals surface area contributed by atoms with Crippen molar-refractivity contribution in [2.75, 3.05) is 0 Å². The molecule has 0 aliphatic carbocycles. The van der Waals surface area contributed by atoms with Crippen LogP contribution in [0, 0.1) is 0 Å². The van der Waals surface area contributed by atoms with Gasteiger partial charge in [0.05, 0.1) is 0 Å². The maximum atomic E-state index is 10.7. The Labute approximate surface area is 122 Å². The summed E-state index contributed by atoms with van der Waals surface area (Å²) in [6.07, 6.45) is 0. The summed E-state index contributed by atoms with van der Waals surface area (Å²) in [5.74, 6) is 7.68. The molecule has 1 nitrogen and oxygen atoms in total. The monoisotopic (exact) mass is 340 g/mol. The van der Waals surface area contributed by atoms with Crippen LogP contribution in [-0.4, -0.2) is 26.4 Å². The van der Waals surface area contributed by atoms with Crippen molar-refractivity contribution in [1.82, 2.24) is 0 Å². The van der Waals surface area contributed by atoms with E-state index in [-0.39, 0.29) is 5.41 Å². The Balaban J connectivity index is 3.68. The molecule has 0 saturated carbocycles. The van der Waals surface area contributed by atoms with Gasteiger partial charge in [-0.15, -0.1) is 0 Å². The van der Waals surface area contributed by atoms with Crippen LogP contribution in [0.25, 0.3) is 0 Å². The van der Waals surface area contributed by atoms with Crippen LogP contribution in [0.3, 0.4) is 0 Å². The van der Waals surface area contributed by atoms with Crippen molar-refractivity contribution in [3.8, 4) is 5.75 Å². The van der Waals surface area contributed by atoms with E-state index in [9.17, 15) is 5.11 Å². The Kier molecular flexibility index (Phi) is 4.39. The van der Waals surface area contributed by atoms with Gasteiger partial charge in [-0.2, -0.15) is 0 Å². The fourth-order valence-electron chi connectivity index (χ4n) is 2.21. The number of hydrogen-bond acceptors (Lipinski definition) is 1. The van der Waals surface area contributed by atoms with E-state index in [0.29, 0.717) is 5.75 Å². The molecular formula is C16H30GeOSi. The molecule has 1 N–H and O–H groups in total. The van der Waals surface area contributed by atoms with Gasteiger partial charge < -0.3 is 0 Å². The summed E-state index contributed by atoms with van der Waals surface area (Å²) in [4.78, 5) is 0. The molecule has 0 fully saturated rings. The van der Waals surface area contributed by atoms with E-state index < -0.39 is 21.3 Å². The molecule has 3 heteroatoms. The van der Waals surface area contributed by atoms with Gasteiger partial charge in [-0.25, -0.2) is 0 Å². The molecule has 0 heterocycles. The van der Waals surface area contributed by atoms with E-state index in [1.165, 1.54) is 15.1 Å². The second kappa shape index (κ2) is 4.96. The van der Waals surface area contributed by atoms with Gasteiger partial charge in [0, 0.05) is 0 Å². The minimum atomic E-state index is -2.05. The normalized spacial score (nSPS) is 13.7. The van der Waals surface area contributed by atoms with Gasteiger partial charge in [0.1, 0.15) is 0 Å². The van der Waals surface area contributed by atoms with Crippen LogP contribution in [0.4, 0.5) is 0 Å². The first-order chi connectivity index (χ1) is 8.24. The van der Waals surface area contributed by atoms with Crippen molar-refractivity contribution in [3.63, 3.8) is 0 Å². The fraction of sp³-hybridized carbons (Fsp3) is 0.625. The Morgan fingerprint density at radius 1 is 1.00 bits per heavy atom. The second-order valence-electron chi connectivity index (χ2n) is 8.67. The third-order valence-electron chi connectivity index (χ3n) is 3.59. The molecule has 0 atom stereocenters. The van der Waals surface area contributed by atoms with Crippen molar-refractivity contribution >= 4 is 30.9 Å². The third-order valence-corrected chi connectivity index (χ3v) is 9.78. The van der Waals surface area contributed by atoms with E-state index in [4.69, 9.17) is 0 Å². The van der Waals surface area contributed by atoms with Crippen molar-refractivity contribution in [1.29, 1.82) is 0 Å². The van der Waals surface area contributed by atoms with Crippen LogP contribution in [-0.2, 0) is 5.41 Å². The summed E-state index contributed by atoms with van der Waals surface area (Å²) < 4.78 is 1.27. The molecule has 1 rings (SSSR count). The molecule has 0 spiro atoms. The van der Waals surface area contributed by atoms with Crippen LogP contribution in [0.1, 0.15) is 26.3 Å². The van der Waals surface area contributed by atoms with E-state index in [1.807, 2.05) is 0 Å². The molecule has 1 aromatic rings. The first-order valence-electron chi connectivity index (χ1n) is 7.13. The number of hydrogen-bond donors (Lipinski definition) is 1. The van der Waals surface area contributed by atoms with Crippen molar-refractivity contribution in [2.45, 2.75) is 63.1 Å². The molecule has 0 amide bonds. The zero-order valence-electron chi connectivity index (χ0n) is 14.1. The first kappa shape index (κ1) is 16.8. The molecule has 19 heavy (non-hydrogen) atoms. The quantitative estimate of drug-likeness (QED) is 0.813. The summed E-state index contributed by atoms with van der Waals surface area (Å²) >= 11 is -2.05. The molecule has 0 radical (unpaired) electrons. The maximum absolute atomic E-state index is 10.7. The number of benzene rings is 1.